The summed E-state index contributed by atoms with van der Waals surface area (Å²) in [5, 5.41) is 5.09. The van der Waals surface area contributed by atoms with Gasteiger partial charge in [-0.3, -0.25) is 4.79 Å². The lowest BCUT2D eigenvalue weighted by Crippen LogP contribution is -2.24. The van der Waals surface area contributed by atoms with Crippen LogP contribution < -0.4 is 14.9 Å². The molecule has 0 aliphatic heterocycles. The summed E-state index contributed by atoms with van der Waals surface area (Å²) in [5.41, 5.74) is 3.05. The summed E-state index contributed by atoms with van der Waals surface area (Å²) in [5.74, 6) is 0.491. The number of carbonyl (C=O) groups is 1. The summed E-state index contributed by atoms with van der Waals surface area (Å²) in [4.78, 5) is 11.7. The van der Waals surface area contributed by atoms with Crippen LogP contribution in [-0.2, 0) is 4.79 Å². The van der Waals surface area contributed by atoms with Gasteiger partial charge in [0.05, 0.1) is 23.4 Å². The third kappa shape index (κ3) is 5.30. The van der Waals surface area contributed by atoms with E-state index in [-0.39, 0.29) is 6.61 Å². The predicted octanol–water partition coefficient (Wildman–Crippen LogP) is 4.18. The number of hydrogen-bond acceptors (Lipinski definition) is 4. The van der Waals surface area contributed by atoms with Gasteiger partial charge in [-0.25, -0.2) is 5.43 Å². The summed E-state index contributed by atoms with van der Waals surface area (Å²) in [6.07, 6.45) is 1.46. The number of methoxy groups -OCH3 is 1. The zero-order valence-electron chi connectivity index (χ0n) is 12.6. The van der Waals surface area contributed by atoms with Crippen LogP contribution in [0.5, 0.6) is 11.5 Å². The largest absolute Gasteiger partial charge is 0.495 e. The maximum Gasteiger partial charge on any atom is 0.277 e. The van der Waals surface area contributed by atoms with Gasteiger partial charge in [-0.2, -0.15) is 5.10 Å². The molecule has 24 heavy (non-hydrogen) atoms. The van der Waals surface area contributed by atoms with Gasteiger partial charge in [0.25, 0.3) is 5.91 Å². The topological polar surface area (TPSA) is 59.9 Å². The van der Waals surface area contributed by atoms with Crippen molar-refractivity contribution in [2.45, 2.75) is 0 Å². The van der Waals surface area contributed by atoms with Crippen molar-refractivity contribution in [2.24, 2.45) is 5.10 Å². The monoisotopic (exact) mass is 386 g/mol. The standard InChI is InChI=1S/C16H13Cl3N2O3/c1-23-14-4-2-10(6-12(14)18)8-20-21-16(22)9-24-15-5-3-11(17)7-13(15)19/h2-8H,9H2,1H3,(H,21,22)/b20-8+. The summed E-state index contributed by atoms with van der Waals surface area (Å²) in [6, 6.07) is 9.86. The summed E-state index contributed by atoms with van der Waals surface area (Å²) in [7, 11) is 1.53. The number of ether oxygens (including phenoxy) is 2. The van der Waals surface area contributed by atoms with Gasteiger partial charge in [-0.05, 0) is 42.0 Å². The molecule has 5 nitrogen and oxygen atoms in total. The van der Waals surface area contributed by atoms with Gasteiger partial charge in [0, 0.05) is 5.02 Å². The SMILES string of the molecule is COc1ccc(/C=N/NC(=O)COc2ccc(Cl)cc2Cl)cc1Cl. The highest BCUT2D eigenvalue weighted by Gasteiger charge is 2.06. The van der Waals surface area contributed by atoms with Crippen molar-refractivity contribution >= 4 is 46.9 Å². The number of hydrazone groups is 1. The number of rotatable bonds is 6. The van der Waals surface area contributed by atoms with E-state index < -0.39 is 5.91 Å². The molecule has 2 rings (SSSR count). The van der Waals surface area contributed by atoms with Crippen LogP contribution in [0, 0.1) is 0 Å². The lowest BCUT2D eigenvalue weighted by molar-refractivity contribution is -0.123. The number of hydrogen-bond donors (Lipinski definition) is 1. The smallest absolute Gasteiger partial charge is 0.277 e. The minimum atomic E-state index is -0.433. The van der Waals surface area contributed by atoms with Crippen molar-refractivity contribution in [3.63, 3.8) is 0 Å². The lowest BCUT2D eigenvalue weighted by atomic mass is 10.2. The molecule has 0 heterocycles. The second-order valence-electron chi connectivity index (χ2n) is 4.55. The molecule has 0 bridgehead atoms. The Morgan fingerprint density at radius 2 is 1.83 bits per heavy atom. The summed E-state index contributed by atoms with van der Waals surface area (Å²) < 4.78 is 10.3. The minimum absolute atomic E-state index is 0.234. The third-order valence-corrected chi connectivity index (χ3v) is 3.66. The zero-order valence-corrected chi connectivity index (χ0v) is 14.8. The van der Waals surface area contributed by atoms with Crippen LogP contribution >= 0.6 is 34.8 Å². The Kier molecular flexibility index (Phi) is 6.73. The van der Waals surface area contributed by atoms with E-state index in [1.54, 1.807) is 30.3 Å². The highest BCUT2D eigenvalue weighted by Crippen LogP contribution is 2.27. The Balaban J connectivity index is 1.85. The number of halogens is 3. The van der Waals surface area contributed by atoms with Crippen molar-refractivity contribution in [3.05, 3.63) is 57.0 Å². The van der Waals surface area contributed by atoms with E-state index in [4.69, 9.17) is 44.3 Å². The van der Waals surface area contributed by atoms with Gasteiger partial charge in [-0.1, -0.05) is 34.8 Å². The summed E-state index contributed by atoms with van der Waals surface area (Å²) >= 11 is 17.7. The first kappa shape index (κ1) is 18.4. The molecule has 8 heteroatoms. The molecular formula is C16H13Cl3N2O3. The quantitative estimate of drug-likeness (QED) is 0.597. The van der Waals surface area contributed by atoms with Crippen LogP contribution in [-0.4, -0.2) is 25.8 Å². The lowest BCUT2D eigenvalue weighted by Gasteiger charge is -2.07. The Morgan fingerprint density at radius 3 is 2.50 bits per heavy atom. The molecule has 0 saturated heterocycles. The van der Waals surface area contributed by atoms with Gasteiger partial charge in [0.2, 0.25) is 0 Å². The van der Waals surface area contributed by atoms with Crippen LogP contribution in [0.25, 0.3) is 0 Å². The van der Waals surface area contributed by atoms with Crippen molar-refractivity contribution in [1.29, 1.82) is 0 Å². The van der Waals surface area contributed by atoms with E-state index in [0.29, 0.717) is 32.1 Å². The number of nitrogens with one attached hydrogen (secondary N) is 1. The Hall–Kier alpha value is -1.95. The van der Waals surface area contributed by atoms with Crippen LogP contribution in [0.2, 0.25) is 15.1 Å². The van der Waals surface area contributed by atoms with Crippen molar-refractivity contribution in [2.75, 3.05) is 13.7 Å². The van der Waals surface area contributed by atoms with E-state index in [1.165, 1.54) is 19.4 Å². The van der Waals surface area contributed by atoms with Crippen LogP contribution in [0.1, 0.15) is 5.56 Å². The van der Waals surface area contributed by atoms with Crippen molar-refractivity contribution in [3.8, 4) is 11.5 Å². The van der Waals surface area contributed by atoms with E-state index in [9.17, 15) is 4.79 Å². The van der Waals surface area contributed by atoms with Gasteiger partial charge >= 0.3 is 0 Å². The second kappa shape index (κ2) is 8.78. The molecule has 0 aromatic heterocycles. The Bertz CT molecular complexity index is 766. The molecule has 1 N–H and O–H groups in total. The van der Waals surface area contributed by atoms with Crippen molar-refractivity contribution in [1.82, 2.24) is 5.43 Å². The van der Waals surface area contributed by atoms with Crippen LogP contribution in [0.3, 0.4) is 0 Å². The van der Waals surface area contributed by atoms with E-state index in [2.05, 4.69) is 10.5 Å². The normalized spacial score (nSPS) is 10.7. The average Bonchev–Trinajstić information content (AvgIpc) is 2.54. The fraction of sp³-hybridized carbons (Fsp3) is 0.125. The van der Waals surface area contributed by atoms with Gasteiger partial charge in [0.1, 0.15) is 11.5 Å². The van der Waals surface area contributed by atoms with E-state index in [1.807, 2.05) is 0 Å². The summed E-state index contributed by atoms with van der Waals surface area (Å²) in [6.45, 7) is -0.234. The molecule has 2 aromatic carbocycles. The third-order valence-electron chi connectivity index (χ3n) is 2.83. The highest BCUT2D eigenvalue weighted by atomic mass is 35.5. The van der Waals surface area contributed by atoms with Crippen LogP contribution in [0.15, 0.2) is 41.5 Å². The number of nitrogens with zero attached hydrogens (tertiary/aromatic N) is 1. The molecule has 0 unspecified atom stereocenters. The Labute approximate surface area is 154 Å². The first-order valence-corrected chi connectivity index (χ1v) is 7.86. The molecule has 0 atom stereocenters. The van der Waals surface area contributed by atoms with Crippen molar-refractivity contribution < 1.29 is 14.3 Å². The molecule has 0 spiro atoms. The molecule has 0 radical (unpaired) electrons. The zero-order chi connectivity index (χ0) is 17.5. The highest BCUT2D eigenvalue weighted by molar-refractivity contribution is 6.35. The molecule has 1 amide bonds. The maximum absolute atomic E-state index is 11.7. The predicted molar refractivity (Wildman–Crippen MR) is 95.7 cm³/mol. The molecule has 0 aliphatic rings. The van der Waals surface area contributed by atoms with Gasteiger partial charge in [-0.15, -0.1) is 0 Å². The molecule has 2 aromatic rings. The number of benzene rings is 2. The molecule has 126 valence electrons. The van der Waals surface area contributed by atoms with E-state index >= 15 is 0 Å². The number of carbonyl (C=O) groups excluding carboxylic acids is 1. The number of amides is 1. The Morgan fingerprint density at radius 1 is 1.12 bits per heavy atom. The first-order chi connectivity index (χ1) is 11.5. The fourth-order valence-corrected chi connectivity index (χ4v) is 2.44. The maximum atomic E-state index is 11.7. The molecule has 0 aliphatic carbocycles. The second-order valence-corrected chi connectivity index (χ2v) is 5.80. The minimum Gasteiger partial charge on any atom is -0.495 e. The molecule has 0 fully saturated rings. The average molecular weight is 388 g/mol. The fourth-order valence-electron chi connectivity index (χ4n) is 1.71. The van der Waals surface area contributed by atoms with Crippen LogP contribution in [0.4, 0.5) is 0 Å². The van der Waals surface area contributed by atoms with E-state index in [0.717, 1.165) is 0 Å². The van der Waals surface area contributed by atoms with Gasteiger partial charge < -0.3 is 9.47 Å². The molecule has 0 saturated carbocycles. The van der Waals surface area contributed by atoms with Gasteiger partial charge in [0.15, 0.2) is 6.61 Å². The first-order valence-electron chi connectivity index (χ1n) is 6.73. The molecular weight excluding hydrogens is 375 g/mol.